The van der Waals surface area contributed by atoms with Crippen molar-refractivity contribution in [2.24, 2.45) is 5.92 Å². The topological polar surface area (TPSA) is 101 Å². The Morgan fingerprint density at radius 2 is 1.96 bits per heavy atom. The zero-order valence-corrected chi connectivity index (χ0v) is 15.9. The number of rotatable bonds is 10. The average Bonchev–Trinajstić information content (AvgIpc) is 2.69. The van der Waals surface area contributed by atoms with Crippen LogP contribution in [0.4, 0.5) is 0 Å². The maximum atomic E-state index is 12.0. The summed E-state index contributed by atoms with van der Waals surface area (Å²) in [5.41, 5.74) is 0.108. The maximum Gasteiger partial charge on any atom is 0.312 e. The monoisotopic (exact) mass is 373 g/mol. The van der Waals surface area contributed by atoms with Gasteiger partial charge in [0.25, 0.3) is 11.5 Å². The summed E-state index contributed by atoms with van der Waals surface area (Å²) in [5, 5.41) is 10.2. The number of aromatic nitrogens is 2. The highest BCUT2D eigenvalue weighted by Gasteiger charge is 2.14. The normalized spacial score (nSPS) is 11.9. The van der Waals surface area contributed by atoms with Crippen LogP contribution in [0.25, 0.3) is 10.8 Å². The van der Waals surface area contributed by atoms with Crippen LogP contribution in [0.1, 0.15) is 45.2 Å². The van der Waals surface area contributed by atoms with Crippen LogP contribution in [0, 0.1) is 5.92 Å². The molecule has 1 amide bonds. The van der Waals surface area contributed by atoms with Gasteiger partial charge in [-0.05, 0) is 18.4 Å². The molecule has 7 nitrogen and oxygen atoms in total. The van der Waals surface area contributed by atoms with Crippen LogP contribution in [0.15, 0.2) is 29.1 Å². The van der Waals surface area contributed by atoms with Crippen LogP contribution in [0.3, 0.4) is 0 Å². The molecule has 0 unspecified atom stereocenters. The van der Waals surface area contributed by atoms with Gasteiger partial charge in [-0.15, -0.1) is 0 Å². The molecule has 1 aromatic heterocycles. The Morgan fingerprint density at radius 3 is 2.67 bits per heavy atom. The van der Waals surface area contributed by atoms with Crippen molar-refractivity contribution in [3.63, 3.8) is 0 Å². The van der Waals surface area contributed by atoms with Crippen molar-refractivity contribution in [3.05, 3.63) is 40.3 Å². The van der Waals surface area contributed by atoms with Crippen LogP contribution in [-0.4, -0.2) is 35.2 Å². The quantitative estimate of drug-likeness (QED) is 0.623. The minimum absolute atomic E-state index is 0.112. The maximum absolute atomic E-state index is 12.0. The lowest BCUT2D eigenvalue weighted by Gasteiger charge is -2.15. The van der Waals surface area contributed by atoms with Gasteiger partial charge in [-0.3, -0.25) is 14.4 Å². The number of amides is 1. The number of aromatic amines is 1. The molecule has 0 fully saturated rings. The Balaban J connectivity index is 1.84. The molecule has 2 aromatic rings. The number of esters is 1. The number of H-pyrrole nitrogens is 1. The molecule has 0 bridgehead atoms. The number of hydrogen-bond acceptors (Lipinski definition) is 5. The van der Waals surface area contributed by atoms with Gasteiger partial charge in [-0.1, -0.05) is 51.3 Å². The van der Waals surface area contributed by atoms with Gasteiger partial charge in [0.2, 0.25) is 0 Å². The number of ether oxygens (including phenoxy) is 1. The summed E-state index contributed by atoms with van der Waals surface area (Å²) < 4.78 is 5.05. The van der Waals surface area contributed by atoms with Crippen molar-refractivity contribution >= 4 is 22.6 Å². The lowest BCUT2D eigenvalue weighted by molar-refractivity contribution is -0.147. The summed E-state index contributed by atoms with van der Waals surface area (Å²) in [6.07, 6.45) is 4.25. The number of unbranched alkanes of at least 4 members (excludes halogenated alkanes) is 1. The number of nitrogens with zero attached hydrogens (tertiary/aromatic N) is 1. The van der Waals surface area contributed by atoms with Gasteiger partial charge in [-0.25, -0.2) is 5.10 Å². The zero-order valence-electron chi connectivity index (χ0n) is 15.9. The van der Waals surface area contributed by atoms with Crippen molar-refractivity contribution in [1.82, 2.24) is 15.5 Å². The molecule has 0 spiro atoms. The Labute approximate surface area is 158 Å². The van der Waals surface area contributed by atoms with Crippen LogP contribution < -0.4 is 10.9 Å². The molecule has 146 valence electrons. The van der Waals surface area contributed by atoms with E-state index in [1.54, 1.807) is 24.3 Å². The summed E-state index contributed by atoms with van der Waals surface area (Å²) >= 11 is 0. The van der Waals surface area contributed by atoms with Gasteiger partial charge in [-0.2, -0.15) is 5.10 Å². The fourth-order valence-corrected chi connectivity index (χ4v) is 2.89. The highest BCUT2D eigenvalue weighted by Crippen LogP contribution is 2.13. The smallest absolute Gasteiger partial charge is 0.312 e. The fraction of sp³-hybridized carbons (Fsp3) is 0.500. The third kappa shape index (κ3) is 6.20. The molecule has 0 aliphatic rings. The van der Waals surface area contributed by atoms with Crippen molar-refractivity contribution in [2.75, 3.05) is 13.2 Å². The largest absolute Gasteiger partial charge is 0.455 e. The number of fused-ring (bicyclic) bond motifs is 1. The van der Waals surface area contributed by atoms with Crippen molar-refractivity contribution in [1.29, 1.82) is 0 Å². The molecule has 0 aliphatic heterocycles. The van der Waals surface area contributed by atoms with E-state index in [2.05, 4.69) is 29.4 Å². The fourth-order valence-electron chi connectivity index (χ4n) is 2.89. The lowest BCUT2D eigenvalue weighted by atomic mass is 9.99. The molecule has 0 radical (unpaired) electrons. The van der Waals surface area contributed by atoms with Crippen molar-refractivity contribution in [3.8, 4) is 0 Å². The second-order valence-electron chi connectivity index (χ2n) is 6.60. The number of hydrogen-bond donors (Lipinski definition) is 2. The standard InChI is InChI=1S/C20H27N3O4/c1-3-5-8-14(4-2)12-21-18(24)13-27-19(25)11-17-15-9-6-7-10-16(15)20(26)23-22-17/h6-7,9-10,14H,3-5,8,11-13H2,1-2H3,(H,21,24)(H,23,26)/t14-/m0/s1. The Kier molecular flexibility index (Phi) is 7.98. The van der Waals surface area contributed by atoms with Gasteiger partial charge in [0.1, 0.15) is 0 Å². The number of nitrogens with one attached hydrogen (secondary N) is 2. The number of benzene rings is 1. The average molecular weight is 373 g/mol. The predicted octanol–water partition coefficient (Wildman–Crippen LogP) is 2.34. The second kappa shape index (κ2) is 10.4. The summed E-state index contributed by atoms with van der Waals surface area (Å²) in [7, 11) is 0. The first-order valence-corrected chi connectivity index (χ1v) is 9.43. The van der Waals surface area contributed by atoms with Crippen LogP contribution in [0.2, 0.25) is 0 Å². The van der Waals surface area contributed by atoms with E-state index in [1.807, 2.05) is 0 Å². The molecule has 2 rings (SSSR count). The molecule has 1 aromatic carbocycles. The van der Waals surface area contributed by atoms with E-state index < -0.39 is 5.97 Å². The van der Waals surface area contributed by atoms with E-state index in [9.17, 15) is 14.4 Å². The van der Waals surface area contributed by atoms with E-state index in [1.165, 1.54) is 0 Å². The summed E-state index contributed by atoms with van der Waals surface area (Å²) in [6.45, 7) is 4.53. The molecule has 1 atom stereocenters. The van der Waals surface area contributed by atoms with Crippen LogP contribution >= 0.6 is 0 Å². The first-order chi connectivity index (χ1) is 13.0. The van der Waals surface area contributed by atoms with Gasteiger partial charge in [0.05, 0.1) is 17.5 Å². The third-order valence-electron chi connectivity index (χ3n) is 4.58. The number of carbonyl (C=O) groups is 2. The molecule has 7 heteroatoms. The molecule has 0 saturated heterocycles. The van der Waals surface area contributed by atoms with E-state index in [0.717, 1.165) is 25.7 Å². The van der Waals surface area contributed by atoms with E-state index in [-0.39, 0.29) is 24.5 Å². The molecule has 27 heavy (non-hydrogen) atoms. The van der Waals surface area contributed by atoms with Gasteiger partial charge < -0.3 is 10.1 Å². The molecule has 0 aliphatic carbocycles. The minimum Gasteiger partial charge on any atom is -0.455 e. The van der Waals surface area contributed by atoms with Crippen LogP contribution in [0.5, 0.6) is 0 Å². The van der Waals surface area contributed by atoms with Crippen molar-refractivity contribution < 1.29 is 14.3 Å². The molecular weight excluding hydrogens is 346 g/mol. The van der Waals surface area contributed by atoms with Gasteiger partial charge >= 0.3 is 5.97 Å². The highest BCUT2D eigenvalue weighted by molar-refractivity contribution is 5.87. The zero-order chi connectivity index (χ0) is 19.6. The summed E-state index contributed by atoms with van der Waals surface area (Å²) in [5.74, 6) is -0.424. The SMILES string of the molecule is CCCC[C@H](CC)CNC(=O)COC(=O)Cc1n[nH]c(=O)c2ccccc12. The molecule has 1 heterocycles. The lowest BCUT2D eigenvalue weighted by Crippen LogP contribution is -2.33. The van der Waals surface area contributed by atoms with Crippen LogP contribution in [-0.2, 0) is 20.7 Å². The summed E-state index contributed by atoms with van der Waals surface area (Å²) in [4.78, 5) is 35.7. The predicted molar refractivity (Wildman–Crippen MR) is 103 cm³/mol. The van der Waals surface area contributed by atoms with E-state index >= 15 is 0 Å². The van der Waals surface area contributed by atoms with Crippen molar-refractivity contribution in [2.45, 2.75) is 46.0 Å². The number of carbonyl (C=O) groups excluding carboxylic acids is 2. The minimum atomic E-state index is -0.562. The first kappa shape index (κ1) is 20.6. The second-order valence-corrected chi connectivity index (χ2v) is 6.60. The van der Waals surface area contributed by atoms with Gasteiger partial charge in [0.15, 0.2) is 6.61 Å². The molecule has 2 N–H and O–H groups in total. The first-order valence-electron chi connectivity index (χ1n) is 9.43. The Bertz CT molecular complexity index is 831. The van der Waals surface area contributed by atoms with Gasteiger partial charge in [0, 0.05) is 11.9 Å². The Hall–Kier alpha value is -2.70. The third-order valence-corrected chi connectivity index (χ3v) is 4.58. The highest BCUT2D eigenvalue weighted by atomic mass is 16.5. The van der Waals surface area contributed by atoms with E-state index in [0.29, 0.717) is 28.9 Å². The summed E-state index contributed by atoms with van der Waals surface area (Å²) in [6, 6.07) is 6.91. The molecular formula is C20H27N3O4. The van der Waals surface area contributed by atoms with E-state index in [4.69, 9.17) is 4.74 Å². The Morgan fingerprint density at radius 1 is 1.22 bits per heavy atom. The molecule has 0 saturated carbocycles.